The quantitative estimate of drug-likeness (QED) is 0.582. The molecule has 1 saturated heterocycles. The highest BCUT2D eigenvalue weighted by atomic mass is 32.1. The van der Waals surface area contributed by atoms with Gasteiger partial charge < -0.3 is 10.2 Å². The van der Waals surface area contributed by atoms with Gasteiger partial charge >= 0.3 is 0 Å². The maximum Gasteiger partial charge on any atom is 0.262 e. The predicted molar refractivity (Wildman–Crippen MR) is 129 cm³/mol. The molecular weight excluding hydrogens is 420 g/mol. The number of nitrogens with one attached hydrogen (secondary N) is 1. The van der Waals surface area contributed by atoms with Crippen LogP contribution in [0.25, 0.3) is 0 Å². The summed E-state index contributed by atoms with van der Waals surface area (Å²) < 4.78 is 0. The van der Waals surface area contributed by atoms with E-state index in [0.717, 1.165) is 12.0 Å². The first-order chi connectivity index (χ1) is 15.3. The molecule has 0 radical (unpaired) electrons. The van der Waals surface area contributed by atoms with E-state index in [1.807, 2.05) is 37.4 Å². The van der Waals surface area contributed by atoms with Crippen molar-refractivity contribution >= 4 is 28.9 Å². The Labute approximate surface area is 195 Å². The van der Waals surface area contributed by atoms with E-state index in [0.29, 0.717) is 36.7 Å². The van der Waals surface area contributed by atoms with Crippen molar-refractivity contribution in [2.45, 2.75) is 53.0 Å². The molecule has 1 aromatic carbocycles. The van der Waals surface area contributed by atoms with E-state index in [-0.39, 0.29) is 29.4 Å². The summed E-state index contributed by atoms with van der Waals surface area (Å²) in [4.78, 5) is 41.0. The van der Waals surface area contributed by atoms with Crippen LogP contribution < -0.4 is 5.32 Å². The van der Waals surface area contributed by atoms with Crippen LogP contribution in [0.1, 0.15) is 66.1 Å². The molecule has 5 nitrogen and oxygen atoms in total. The van der Waals surface area contributed by atoms with Crippen LogP contribution in [0.5, 0.6) is 0 Å². The fraction of sp³-hybridized carbons (Fsp3) is 0.500. The predicted octanol–water partition coefficient (Wildman–Crippen LogP) is 4.82. The van der Waals surface area contributed by atoms with Gasteiger partial charge in [-0.15, -0.1) is 11.3 Å². The lowest BCUT2D eigenvalue weighted by Gasteiger charge is -2.35. The Balaban J connectivity index is 1.56. The first-order valence-electron chi connectivity index (χ1n) is 11.5. The number of carbonyl (C=O) groups excluding carboxylic acids is 3. The molecule has 1 N–H and O–H groups in total. The van der Waals surface area contributed by atoms with E-state index >= 15 is 0 Å². The number of nitrogens with zero attached hydrogens (tertiary/aromatic N) is 1. The third kappa shape index (κ3) is 6.06. The molecule has 0 spiro atoms. The lowest BCUT2D eigenvalue weighted by Crippen LogP contribution is -2.53. The minimum Gasteiger partial charge on any atom is -0.341 e. The van der Waals surface area contributed by atoms with E-state index in [1.54, 1.807) is 11.0 Å². The van der Waals surface area contributed by atoms with Gasteiger partial charge in [-0.05, 0) is 48.1 Å². The Morgan fingerprint density at radius 2 is 1.69 bits per heavy atom. The van der Waals surface area contributed by atoms with Crippen molar-refractivity contribution in [2.75, 3.05) is 13.1 Å². The van der Waals surface area contributed by atoms with E-state index in [9.17, 15) is 14.4 Å². The number of likely N-dealkylation sites (tertiary alicyclic amines) is 1. The monoisotopic (exact) mass is 454 g/mol. The van der Waals surface area contributed by atoms with Gasteiger partial charge in [0.2, 0.25) is 5.91 Å². The second-order valence-corrected chi connectivity index (χ2v) is 10.4. The minimum absolute atomic E-state index is 0.0184. The van der Waals surface area contributed by atoms with Crippen LogP contribution in [0.4, 0.5) is 0 Å². The molecule has 1 fully saturated rings. The molecule has 1 aliphatic heterocycles. The molecule has 2 aromatic rings. The summed E-state index contributed by atoms with van der Waals surface area (Å²) in [7, 11) is 0. The van der Waals surface area contributed by atoms with Crippen molar-refractivity contribution in [1.29, 1.82) is 0 Å². The van der Waals surface area contributed by atoms with Gasteiger partial charge in [0.05, 0.1) is 4.88 Å². The second kappa shape index (κ2) is 10.9. The van der Waals surface area contributed by atoms with Crippen LogP contribution >= 0.6 is 11.3 Å². The number of benzene rings is 1. The molecule has 1 unspecified atom stereocenters. The molecule has 0 saturated carbocycles. The molecule has 3 rings (SSSR count). The Morgan fingerprint density at radius 3 is 2.22 bits per heavy atom. The SMILES string of the molecule is CC(C)Cc1ccc(C(=O)C2CCN(C(=O)C(NC(=O)c3cccs3)C(C)C)CC2)cc1. The standard InChI is InChI=1S/C26H34N2O3S/c1-17(2)16-19-7-9-20(10-8-19)24(29)21-11-13-28(14-12-21)26(31)23(18(3)4)27-25(30)22-6-5-15-32-22/h5-10,15,17-18,21,23H,11-14,16H2,1-4H3,(H,27,30). The molecule has 32 heavy (non-hydrogen) atoms. The van der Waals surface area contributed by atoms with E-state index in [1.165, 1.54) is 16.9 Å². The number of ketones is 1. The largest absolute Gasteiger partial charge is 0.341 e. The summed E-state index contributed by atoms with van der Waals surface area (Å²) in [6.07, 6.45) is 2.32. The minimum atomic E-state index is -0.564. The smallest absolute Gasteiger partial charge is 0.262 e. The highest BCUT2D eigenvalue weighted by Gasteiger charge is 2.33. The lowest BCUT2D eigenvalue weighted by molar-refractivity contribution is -0.135. The zero-order chi connectivity index (χ0) is 23.3. The van der Waals surface area contributed by atoms with Gasteiger partial charge in [-0.1, -0.05) is 58.0 Å². The van der Waals surface area contributed by atoms with Gasteiger partial charge in [0.1, 0.15) is 6.04 Å². The zero-order valence-corrected chi connectivity index (χ0v) is 20.3. The van der Waals surface area contributed by atoms with Crippen LogP contribution in [-0.4, -0.2) is 41.6 Å². The van der Waals surface area contributed by atoms with Gasteiger partial charge in [0, 0.05) is 24.6 Å². The molecular formula is C26H34N2O3S. The topological polar surface area (TPSA) is 66.5 Å². The fourth-order valence-corrected chi connectivity index (χ4v) is 4.83. The summed E-state index contributed by atoms with van der Waals surface area (Å²) in [5, 5.41) is 4.76. The van der Waals surface area contributed by atoms with Crippen LogP contribution in [0.2, 0.25) is 0 Å². The molecule has 1 atom stereocenters. The Morgan fingerprint density at radius 1 is 1.03 bits per heavy atom. The Bertz CT molecular complexity index is 911. The molecule has 0 aliphatic carbocycles. The first kappa shape index (κ1) is 24.2. The number of carbonyl (C=O) groups is 3. The number of Topliss-reactive ketones (excluding diaryl/α,β-unsaturated/α-hetero) is 1. The van der Waals surface area contributed by atoms with Crippen LogP contribution in [0, 0.1) is 17.8 Å². The Kier molecular flexibility index (Phi) is 8.24. The zero-order valence-electron chi connectivity index (χ0n) is 19.5. The van der Waals surface area contributed by atoms with Gasteiger partial charge in [-0.3, -0.25) is 14.4 Å². The molecule has 1 aliphatic rings. The third-order valence-corrected chi connectivity index (χ3v) is 6.89. The van der Waals surface area contributed by atoms with Crippen molar-refractivity contribution < 1.29 is 14.4 Å². The highest BCUT2D eigenvalue weighted by molar-refractivity contribution is 7.12. The normalized spacial score (nSPS) is 15.8. The van der Waals surface area contributed by atoms with Gasteiger partial charge in [-0.25, -0.2) is 0 Å². The van der Waals surface area contributed by atoms with Gasteiger partial charge in [0.25, 0.3) is 5.91 Å². The number of hydrogen-bond donors (Lipinski definition) is 1. The molecule has 172 valence electrons. The summed E-state index contributed by atoms with van der Waals surface area (Å²) in [6.45, 7) is 9.34. The molecule has 2 amide bonds. The van der Waals surface area contributed by atoms with E-state index in [4.69, 9.17) is 0 Å². The summed E-state index contributed by atoms with van der Waals surface area (Å²) in [6, 6.07) is 11.0. The maximum absolute atomic E-state index is 13.1. The molecule has 1 aromatic heterocycles. The van der Waals surface area contributed by atoms with Crippen molar-refractivity contribution in [1.82, 2.24) is 10.2 Å². The van der Waals surface area contributed by atoms with Crippen molar-refractivity contribution in [2.24, 2.45) is 17.8 Å². The van der Waals surface area contributed by atoms with E-state index in [2.05, 4.69) is 31.3 Å². The van der Waals surface area contributed by atoms with Crippen LogP contribution in [0.3, 0.4) is 0 Å². The van der Waals surface area contributed by atoms with Crippen LogP contribution in [-0.2, 0) is 11.2 Å². The molecule has 2 heterocycles. The Hall–Kier alpha value is -2.47. The molecule has 6 heteroatoms. The number of rotatable bonds is 8. The number of piperidine rings is 1. The maximum atomic E-state index is 13.1. The summed E-state index contributed by atoms with van der Waals surface area (Å²) in [5.74, 6) is 0.401. The van der Waals surface area contributed by atoms with Crippen molar-refractivity contribution in [3.8, 4) is 0 Å². The van der Waals surface area contributed by atoms with Gasteiger partial charge in [-0.2, -0.15) is 0 Å². The second-order valence-electron chi connectivity index (χ2n) is 9.43. The third-order valence-electron chi connectivity index (χ3n) is 6.02. The fourth-order valence-electron chi connectivity index (χ4n) is 4.20. The molecule has 0 bridgehead atoms. The average molecular weight is 455 g/mol. The lowest BCUT2D eigenvalue weighted by atomic mass is 9.87. The van der Waals surface area contributed by atoms with Crippen molar-refractivity contribution in [3.05, 3.63) is 57.8 Å². The van der Waals surface area contributed by atoms with E-state index < -0.39 is 6.04 Å². The van der Waals surface area contributed by atoms with Gasteiger partial charge in [0.15, 0.2) is 5.78 Å². The number of amides is 2. The highest BCUT2D eigenvalue weighted by Crippen LogP contribution is 2.24. The van der Waals surface area contributed by atoms with Crippen LogP contribution in [0.15, 0.2) is 41.8 Å². The summed E-state index contributed by atoms with van der Waals surface area (Å²) >= 11 is 1.36. The van der Waals surface area contributed by atoms with Crippen molar-refractivity contribution in [3.63, 3.8) is 0 Å². The average Bonchev–Trinajstić information content (AvgIpc) is 3.31. The number of hydrogen-bond acceptors (Lipinski definition) is 4. The number of thiophene rings is 1. The summed E-state index contributed by atoms with van der Waals surface area (Å²) in [5.41, 5.74) is 2.01. The first-order valence-corrected chi connectivity index (χ1v) is 12.4.